The third-order valence-corrected chi connectivity index (χ3v) is 2.51. The fraction of sp³-hybridized carbons (Fsp3) is 0.333. The largest absolute Gasteiger partial charge is 0.574 e. The summed E-state index contributed by atoms with van der Waals surface area (Å²) in [7, 11) is 2.34. The number of nitrogens with zero attached hydrogens (tertiary/aromatic N) is 1. The second-order valence-electron chi connectivity index (χ2n) is 2.86. The number of alkyl halides is 3. The molecule has 0 saturated carbocycles. The summed E-state index contributed by atoms with van der Waals surface area (Å²) >= 11 is 1.69. The van der Waals surface area contributed by atoms with Crippen molar-refractivity contribution in [2.75, 3.05) is 14.2 Å². The van der Waals surface area contributed by atoms with E-state index in [0.717, 1.165) is 13.2 Å². The zero-order valence-electron chi connectivity index (χ0n) is 9.17. The minimum atomic E-state index is -4.89. The first-order valence-electron chi connectivity index (χ1n) is 4.37. The maximum atomic E-state index is 12.1. The Labute approximate surface area is 113 Å². The Bertz CT molecular complexity index is 464. The molecule has 0 spiro atoms. The van der Waals surface area contributed by atoms with Gasteiger partial charge in [0.2, 0.25) is 5.88 Å². The highest BCUT2D eigenvalue weighted by molar-refractivity contribution is 14.1. The molecule has 1 rings (SSSR count). The molecule has 5 nitrogen and oxygen atoms in total. The Balaban J connectivity index is 3.26. The molecule has 1 aromatic rings. The van der Waals surface area contributed by atoms with Crippen LogP contribution < -0.4 is 9.47 Å². The molecule has 0 N–H and O–H groups in total. The normalized spacial score (nSPS) is 11.0. The first kappa shape index (κ1) is 14.8. The van der Waals surface area contributed by atoms with E-state index >= 15 is 0 Å². The van der Waals surface area contributed by atoms with Crippen molar-refractivity contribution in [3.63, 3.8) is 0 Å². The first-order chi connectivity index (χ1) is 8.28. The molecule has 9 heteroatoms. The highest BCUT2D eigenvalue weighted by atomic mass is 127. The third-order valence-electron chi connectivity index (χ3n) is 1.71. The second-order valence-corrected chi connectivity index (χ2v) is 4.03. The average molecular weight is 377 g/mol. The van der Waals surface area contributed by atoms with Crippen molar-refractivity contribution in [3.8, 4) is 11.6 Å². The van der Waals surface area contributed by atoms with Crippen molar-refractivity contribution in [1.29, 1.82) is 0 Å². The summed E-state index contributed by atoms with van der Waals surface area (Å²) in [4.78, 5) is 14.8. The van der Waals surface area contributed by atoms with E-state index in [-0.39, 0.29) is 15.0 Å². The van der Waals surface area contributed by atoms with Gasteiger partial charge in [0.1, 0.15) is 0 Å². The van der Waals surface area contributed by atoms with Crippen LogP contribution in [0.1, 0.15) is 10.5 Å². The van der Waals surface area contributed by atoms with Gasteiger partial charge >= 0.3 is 12.3 Å². The minimum Gasteiger partial charge on any atom is -0.493 e. The molecule has 0 radical (unpaired) electrons. The number of carbonyl (C=O) groups excluding carboxylic acids is 1. The van der Waals surface area contributed by atoms with Gasteiger partial charge < -0.3 is 14.2 Å². The number of halogens is 4. The number of pyridine rings is 1. The number of carbonyl (C=O) groups is 1. The molecule has 0 aliphatic carbocycles. The van der Waals surface area contributed by atoms with Gasteiger partial charge in [-0.1, -0.05) is 0 Å². The Kier molecular flexibility index (Phi) is 4.59. The van der Waals surface area contributed by atoms with Gasteiger partial charge in [-0.2, -0.15) is 0 Å². The van der Waals surface area contributed by atoms with Crippen LogP contribution in [-0.2, 0) is 4.74 Å². The Hall–Kier alpha value is -1.26. The SMILES string of the molecule is COC(=O)c1nc(OC(F)(F)F)cc(I)c1OC. The summed E-state index contributed by atoms with van der Waals surface area (Å²) in [6.45, 7) is 0. The van der Waals surface area contributed by atoms with Crippen LogP contribution in [0.25, 0.3) is 0 Å². The standard InChI is InChI=1S/C9H7F3INO4/c1-16-7-4(13)3-5(18-9(10,11)12)14-6(7)8(15)17-2/h3H,1-2H3. The van der Waals surface area contributed by atoms with Crippen molar-refractivity contribution < 1.29 is 32.2 Å². The number of esters is 1. The van der Waals surface area contributed by atoms with E-state index in [1.54, 1.807) is 22.6 Å². The third kappa shape index (κ3) is 3.62. The van der Waals surface area contributed by atoms with E-state index in [9.17, 15) is 18.0 Å². The van der Waals surface area contributed by atoms with Crippen LogP contribution >= 0.6 is 22.6 Å². The molecule has 1 aromatic heterocycles. The molecular formula is C9H7F3INO4. The van der Waals surface area contributed by atoms with Gasteiger partial charge in [-0.05, 0) is 22.6 Å². The molecule has 0 atom stereocenters. The van der Waals surface area contributed by atoms with Crippen molar-refractivity contribution in [2.24, 2.45) is 0 Å². The van der Waals surface area contributed by atoms with E-state index in [1.165, 1.54) is 7.11 Å². The number of methoxy groups -OCH3 is 2. The fourth-order valence-corrected chi connectivity index (χ4v) is 1.82. The van der Waals surface area contributed by atoms with E-state index < -0.39 is 18.2 Å². The maximum absolute atomic E-state index is 12.1. The smallest absolute Gasteiger partial charge is 0.493 e. The highest BCUT2D eigenvalue weighted by Crippen LogP contribution is 2.30. The number of ether oxygens (including phenoxy) is 3. The monoisotopic (exact) mass is 377 g/mol. The summed E-state index contributed by atoms with van der Waals surface area (Å²) in [6, 6.07) is 0.999. The Morgan fingerprint density at radius 3 is 2.44 bits per heavy atom. The predicted octanol–water partition coefficient (Wildman–Crippen LogP) is 2.38. The Morgan fingerprint density at radius 1 is 1.39 bits per heavy atom. The summed E-state index contributed by atoms with van der Waals surface area (Å²) in [5, 5.41) is 0. The topological polar surface area (TPSA) is 57.7 Å². The predicted molar refractivity (Wildman–Crippen MR) is 61.5 cm³/mol. The molecule has 100 valence electrons. The molecule has 0 aliphatic rings. The van der Waals surface area contributed by atoms with Crippen LogP contribution in [0.5, 0.6) is 11.6 Å². The van der Waals surface area contributed by atoms with E-state index in [1.807, 2.05) is 0 Å². The van der Waals surface area contributed by atoms with Gasteiger partial charge in [-0.3, -0.25) is 0 Å². The molecule has 0 amide bonds. The molecule has 0 fully saturated rings. The van der Waals surface area contributed by atoms with Gasteiger partial charge in [-0.25, -0.2) is 9.78 Å². The molecule has 18 heavy (non-hydrogen) atoms. The van der Waals surface area contributed by atoms with Gasteiger partial charge in [-0.15, -0.1) is 13.2 Å². The van der Waals surface area contributed by atoms with Crippen molar-refractivity contribution in [2.45, 2.75) is 6.36 Å². The van der Waals surface area contributed by atoms with Gasteiger partial charge in [0.25, 0.3) is 0 Å². The van der Waals surface area contributed by atoms with Gasteiger partial charge in [0.05, 0.1) is 17.8 Å². The summed E-state index contributed by atoms with van der Waals surface area (Å²) in [5.74, 6) is -1.65. The molecule has 0 bridgehead atoms. The number of hydrogen-bond donors (Lipinski definition) is 0. The van der Waals surface area contributed by atoms with Crippen LogP contribution in [0.3, 0.4) is 0 Å². The fourth-order valence-electron chi connectivity index (χ4n) is 1.08. The first-order valence-corrected chi connectivity index (χ1v) is 5.45. The lowest BCUT2D eigenvalue weighted by molar-refractivity contribution is -0.276. The average Bonchev–Trinajstić information content (AvgIpc) is 2.25. The number of rotatable bonds is 3. The summed E-state index contributed by atoms with van der Waals surface area (Å²) < 4.78 is 49.3. The maximum Gasteiger partial charge on any atom is 0.574 e. The molecule has 0 aromatic carbocycles. The number of aromatic nitrogens is 1. The zero-order valence-corrected chi connectivity index (χ0v) is 11.3. The summed E-state index contributed by atoms with van der Waals surface area (Å²) in [5.41, 5.74) is -0.383. The minimum absolute atomic E-state index is 0.0250. The van der Waals surface area contributed by atoms with E-state index in [2.05, 4.69) is 14.5 Å². The quantitative estimate of drug-likeness (QED) is 0.598. The Morgan fingerprint density at radius 2 is 2.00 bits per heavy atom. The van der Waals surface area contributed by atoms with Crippen molar-refractivity contribution in [3.05, 3.63) is 15.3 Å². The van der Waals surface area contributed by atoms with Crippen LogP contribution in [0, 0.1) is 3.57 Å². The van der Waals surface area contributed by atoms with Gasteiger partial charge in [0.15, 0.2) is 11.4 Å². The summed E-state index contributed by atoms with van der Waals surface area (Å²) in [6.07, 6.45) is -4.89. The molecule has 0 aliphatic heterocycles. The van der Waals surface area contributed by atoms with E-state index in [4.69, 9.17) is 4.74 Å². The van der Waals surface area contributed by atoms with Crippen molar-refractivity contribution in [1.82, 2.24) is 4.98 Å². The van der Waals surface area contributed by atoms with Crippen LogP contribution in [0.4, 0.5) is 13.2 Å². The lowest BCUT2D eigenvalue weighted by Gasteiger charge is -2.12. The zero-order chi connectivity index (χ0) is 13.9. The van der Waals surface area contributed by atoms with E-state index in [0.29, 0.717) is 0 Å². The molecule has 0 saturated heterocycles. The molecule has 0 unspecified atom stereocenters. The lowest BCUT2D eigenvalue weighted by atomic mass is 10.3. The van der Waals surface area contributed by atoms with Gasteiger partial charge in [0, 0.05) is 6.07 Å². The molecular weight excluding hydrogens is 370 g/mol. The highest BCUT2D eigenvalue weighted by Gasteiger charge is 2.33. The van der Waals surface area contributed by atoms with Crippen molar-refractivity contribution >= 4 is 28.6 Å². The number of hydrogen-bond acceptors (Lipinski definition) is 5. The lowest BCUT2D eigenvalue weighted by Crippen LogP contribution is -2.19. The van der Waals surface area contributed by atoms with Crippen LogP contribution in [0.15, 0.2) is 6.07 Å². The second kappa shape index (κ2) is 5.59. The molecule has 1 heterocycles. The van der Waals surface area contributed by atoms with Crippen LogP contribution in [0.2, 0.25) is 0 Å². The van der Waals surface area contributed by atoms with Crippen LogP contribution in [-0.4, -0.2) is 31.5 Å².